The molecule has 3 nitrogen and oxygen atoms in total. The number of nitrogens with zero attached hydrogens (tertiary/aromatic N) is 1. The van der Waals surface area contributed by atoms with Gasteiger partial charge in [0.15, 0.2) is 0 Å². The first-order valence-corrected chi connectivity index (χ1v) is 8.73. The van der Waals surface area contributed by atoms with Gasteiger partial charge in [-0.1, -0.05) is 58.3 Å². The summed E-state index contributed by atoms with van der Waals surface area (Å²) in [5.74, 6) is 1.38. The Morgan fingerprint density at radius 1 is 1.05 bits per heavy atom. The minimum Gasteiger partial charge on any atom is -0.396 e. The lowest BCUT2D eigenvalue weighted by molar-refractivity contribution is -0.529. The zero-order valence-corrected chi connectivity index (χ0v) is 13.7. The van der Waals surface area contributed by atoms with Gasteiger partial charge in [-0.25, -0.2) is 0 Å². The lowest BCUT2D eigenvalue weighted by Crippen LogP contribution is -2.23. The minimum atomic E-state index is 0.294. The molecule has 0 spiro atoms. The number of hydrogen-bond donors (Lipinski definition) is 2. The molecule has 1 rings (SSSR count). The number of amidine groups is 1. The summed E-state index contributed by atoms with van der Waals surface area (Å²) in [4.78, 5) is 0. The third-order valence-corrected chi connectivity index (χ3v) is 4.49. The normalized spacial score (nSPS) is 18.6. The molecule has 0 fully saturated rings. The Labute approximate surface area is 125 Å². The summed E-state index contributed by atoms with van der Waals surface area (Å²) < 4.78 is 2.33. The standard InChI is InChI=1S/C17H34N2O/c1-3-4-5-6-7-8-9-10-11-12-17-18-15-16(13-14-20)19(17)2/h16,20H,3-15H2,1-2H3/p+1. The van der Waals surface area contributed by atoms with Crippen molar-refractivity contribution < 1.29 is 9.68 Å². The highest BCUT2D eigenvalue weighted by molar-refractivity contribution is 5.78. The van der Waals surface area contributed by atoms with Crippen molar-refractivity contribution in [2.75, 3.05) is 20.2 Å². The summed E-state index contributed by atoms with van der Waals surface area (Å²) in [5.41, 5.74) is 0. The van der Waals surface area contributed by atoms with Crippen molar-refractivity contribution in [1.82, 2.24) is 5.32 Å². The van der Waals surface area contributed by atoms with E-state index in [0.29, 0.717) is 12.6 Å². The van der Waals surface area contributed by atoms with E-state index in [2.05, 4.69) is 23.9 Å². The number of aliphatic hydroxyl groups is 1. The molecule has 0 amide bonds. The van der Waals surface area contributed by atoms with Crippen LogP contribution in [0.4, 0.5) is 0 Å². The van der Waals surface area contributed by atoms with E-state index in [4.69, 9.17) is 5.11 Å². The van der Waals surface area contributed by atoms with Gasteiger partial charge in [-0.2, -0.15) is 0 Å². The topological polar surface area (TPSA) is 35.3 Å². The van der Waals surface area contributed by atoms with E-state index >= 15 is 0 Å². The maximum Gasteiger partial charge on any atom is 0.244 e. The first kappa shape index (κ1) is 17.5. The first-order chi connectivity index (χ1) is 9.79. The second kappa shape index (κ2) is 11.1. The lowest BCUT2D eigenvalue weighted by atomic mass is 10.1. The van der Waals surface area contributed by atoms with E-state index in [-0.39, 0.29) is 0 Å². The molecular weight excluding hydrogens is 248 g/mol. The molecule has 0 saturated heterocycles. The average molecular weight is 283 g/mol. The van der Waals surface area contributed by atoms with Crippen molar-refractivity contribution in [3.8, 4) is 0 Å². The van der Waals surface area contributed by atoms with Gasteiger partial charge < -0.3 is 5.11 Å². The molecule has 20 heavy (non-hydrogen) atoms. The second-order valence-corrected chi connectivity index (χ2v) is 6.18. The van der Waals surface area contributed by atoms with Crippen molar-refractivity contribution in [3.63, 3.8) is 0 Å². The molecule has 0 bridgehead atoms. The van der Waals surface area contributed by atoms with E-state index in [1.54, 1.807) is 0 Å². The van der Waals surface area contributed by atoms with Crippen LogP contribution in [0.2, 0.25) is 0 Å². The van der Waals surface area contributed by atoms with Crippen molar-refractivity contribution in [3.05, 3.63) is 0 Å². The Balaban J connectivity index is 1.99. The van der Waals surface area contributed by atoms with Gasteiger partial charge in [-0.15, -0.1) is 0 Å². The van der Waals surface area contributed by atoms with Crippen LogP contribution in [0.25, 0.3) is 0 Å². The van der Waals surface area contributed by atoms with Crippen molar-refractivity contribution in [2.24, 2.45) is 0 Å². The van der Waals surface area contributed by atoms with Gasteiger partial charge in [0.25, 0.3) is 0 Å². The summed E-state index contributed by atoms with van der Waals surface area (Å²) in [6, 6.07) is 0.494. The predicted octanol–water partition coefficient (Wildman–Crippen LogP) is 3.30. The molecule has 1 heterocycles. The minimum absolute atomic E-state index is 0.294. The number of nitrogens with one attached hydrogen (secondary N) is 1. The number of rotatable bonds is 12. The van der Waals surface area contributed by atoms with Crippen LogP contribution in [0.3, 0.4) is 0 Å². The highest BCUT2D eigenvalue weighted by Crippen LogP contribution is 2.12. The zero-order valence-electron chi connectivity index (χ0n) is 13.7. The van der Waals surface area contributed by atoms with E-state index in [1.165, 1.54) is 70.0 Å². The second-order valence-electron chi connectivity index (χ2n) is 6.18. The maximum atomic E-state index is 9.02. The van der Waals surface area contributed by atoms with Crippen LogP contribution in [-0.2, 0) is 0 Å². The third kappa shape index (κ3) is 6.74. The largest absolute Gasteiger partial charge is 0.396 e. The SMILES string of the molecule is CCCCCCCCCCCC1=[N+](C)C(CCO)CN1. The van der Waals surface area contributed by atoms with Crippen molar-refractivity contribution >= 4 is 5.84 Å². The van der Waals surface area contributed by atoms with Gasteiger partial charge >= 0.3 is 0 Å². The van der Waals surface area contributed by atoms with Crippen molar-refractivity contribution in [1.29, 1.82) is 0 Å². The molecule has 2 N–H and O–H groups in total. The molecule has 1 aliphatic heterocycles. The van der Waals surface area contributed by atoms with E-state index in [1.807, 2.05) is 0 Å². The van der Waals surface area contributed by atoms with Crippen LogP contribution in [0.5, 0.6) is 0 Å². The summed E-state index contributed by atoms with van der Waals surface area (Å²) in [7, 11) is 2.16. The highest BCUT2D eigenvalue weighted by atomic mass is 16.3. The molecule has 0 aliphatic carbocycles. The van der Waals surface area contributed by atoms with Gasteiger partial charge in [-0.05, 0) is 6.42 Å². The molecular formula is C17H35N2O+. The smallest absolute Gasteiger partial charge is 0.244 e. The molecule has 0 saturated carbocycles. The monoisotopic (exact) mass is 283 g/mol. The summed E-state index contributed by atoms with van der Waals surface area (Å²) in [6.45, 7) is 3.57. The Morgan fingerprint density at radius 2 is 1.65 bits per heavy atom. The quantitative estimate of drug-likeness (QED) is 0.426. The van der Waals surface area contributed by atoms with Crippen LogP contribution >= 0.6 is 0 Å². The zero-order chi connectivity index (χ0) is 14.6. The molecule has 118 valence electrons. The number of aliphatic hydroxyl groups excluding tert-OH is 1. The molecule has 0 aromatic heterocycles. The number of unbranched alkanes of at least 4 members (excludes halogenated alkanes) is 8. The Morgan fingerprint density at radius 3 is 2.25 bits per heavy atom. The first-order valence-electron chi connectivity index (χ1n) is 8.73. The molecule has 0 radical (unpaired) electrons. The van der Waals surface area contributed by atoms with Crippen LogP contribution in [0.15, 0.2) is 0 Å². The molecule has 0 aromatic carbocycles. The fourth-order valence-electron chi connectivity index (χ4n) is 3.03. The van der Waals surface area contributed by atoms with Gasteiger partial charge in [0, 0.05) is 19.4 Å². The van der Waals surface area contributed by atoms with Crippen molar-refractivity contribution in [2.45, 2.75) is 83.6 Å². The van der Waals surface area contributed by atoms with Crippen LogP contribution < -0.4 is 5.32 Å². The Bertz CT molecular complexity index is 276. The Kier molecular flexibility index (Phi) is 9.73. The summed E-state index contributed by atoms with van der Waals surface area (Å²) >= 11 is 0. The Hall–Kier alpha value is -0.570. The molecule has 1 aliphatic rings. The summed E-state index contributed by atoms with van der Waals surface area (Å²) in [6.07, 6.45) is 14.5. The van der Waals surface area contributed by atoms with E-state index in [0.717, 1.165) is 13.0 Å². The lowest BCUT2D eigenvalue weighted by Gasteiger charge is -2.05. The highest BCUT2D eigenvalue weighted by Gasteiger charge is 2.27. The fraction of sp³-hybridized carbons (Fsp3) is 0.941. The van der Waals surface area contributed by atoms with Crippen LogP contribution in [0.1, 0.15) is 77.6 Å². The average Bonchev–Trinajstić information content (AvgIpc) is 2.79. The van der Waals surface area contributed by atoms with E-state index in [9.17, 15) is 0 Å². The molecule has 1 unspecified atom stereocenters. The van der Waals surface area contributed by atoms with Gasteiger partial charge in [0.05, 0.1) is 7.05 Å². The molecule has 0 aromatic rings. The third-order valence-electron chi connectivity index (χ3n) is 4.49. The summed E-state index contributed by atoms with van der Waals surface area (Å²) in [5, 5.41) is 12.5. The van der Waals surface area contributed by atoms with Crippen LogP contribution in [0, 0.1) is 0 Å². The number of hydrogen-bond acceptors (Lipinski definition) is 2. The molecule has 1 atom stereocenters. The van der Waals surface area contributed by atoms with Gasteiger partial charge in [0.1, 0.15) is 12.6 Å². The van der Waals surface area contributed by atoms with Gasteiger partial charge in [0.2, 0.25) is 5.84 Å². The number of likely N-dealkylation sites (N-methyl/N-ethyl adjacent to an activating group) is 1. The maximum absolute atomic E-state index is 9.02. The predicted molar refractivity (Wildman–Crippen MR) is 86.5 cm³/mol. The van der Waals surface area contributed by atoms with Gasteiger partial charge in [-0.3, -0.25) is 9.89 Å². The molecule has 3 heteroatoms. The fourth-order valence-corrected chi connectivity index (χ4v) is 3.03. The van der Waals surface area contributed by atoms with Crippen LogP contribution in [-0.4, -0.2) is 41.8 Å². The van der Waals surface area contributed by atoms with E-state index < -0.39 is 0 Å².